The maximum atomic E-state index is 12.7. The van der Waals surface area contributed by atoms with Gasteiger partial charge in [-0.25, -0.2) is 26.3 Å². The van der Waals surface area contributed by atoms with E-state index in [0.717, 1.165) is 0 Å². The van der Waals surface area contributed by atoms with Crippen molar-refractivity contribution in [2.45, 2.75) is 123 Å². The Morgan fingerprint density at radius 2 is 0.803 bits per heavy atom. The lowest BCUT2D eigenvalue weighted by atomic mass is 9.94. The second-order valence-electron chi connectivity index (χ2n) is 14.5. The average molecular weight is 1170 g/mol. The van der Waals surface area contributed by atoms with E-state index in [1.54, 1.807) is 0 Å². The summed E-state index contributed by atoms with van der Waals surface area (Å²) in [5.41, 5.74) is 0. The van der Waals surface area contributed by atoms with Crippen LogP contribution < -0.4 is 9.44 Å². The van der Waals surface area contributed by atoms with Crippen LogP contribution in [0.15, 0.2) is 0 Å². The molecule has 71 heavy (non-hydrogen) atoms. The highest BCUT2D eigenvalue weighted by atomic mass is 32.3. The summed E-state index contributed by atoms with van der Waals surface area (Å²) in [6.45, 7) is -3.26. The minimum Gasteiger partial charge on any atom is -0.479 e. The van der Waals surface area contributed by atoms with E-state index in [1.807, 2.05) is 0 Å². The predicted octanol–water partition coefficient (Wildman–Crippen LogP) is -11.5. The minimum atomic E-state index is -6.05. The van der Waals surface area contributed by atoms with Gasteiger partial charge in [-0.2, -0.15) is 60.0 Å². The van der Waals surface area contributed by atoms with Gasteiger partial charge in [0.25, 0.3) is 0 Å². The predicted molar refractivity (Wildman–Crippen MR) is 202 cm³/mol. The molecule has 0 aromatic carbocycles. The van der Waals surface area contributed by atoms with E-state index >= 15 is 0 Å². The Morgan fingerprint density at radius 3 is 1.23 bits per heavy atom. The molecule has 4 rings (SSSR count). The fourth-order valence-corrected chi connectivity index (χ4v) is 9.63. The van der Waals surface area contributed by atoms with E-state index in [9.17, 15) is 119 Å². The summed E-state index contributed by atoms with van der Waals surface area (Å²) < 4.78 is 252. The molecule has 0 aromatic rings. The molecule has 0 spiro atoms. The molecule has 1 unspecified atom stereocenters. The van der Waals surface area contributed by atoms with Crippen molar-refractivity contribution in [2.75, 3.05) is 13.2 Å². The molecular formula is C24H40N2O39S6. The Balaban J connectivity index is 1.80. The number of aliphatic hydroxyl groups is 6. The first-order valence-electron chi connectivity index (χ1n) is 18.2. The zero-order chi connectivity index (χ0) is 54.3. The molecule has 16 N–H and O–H groups in total. The number of rotatable bonds is 22. The summed E-state index contributed by atoms with van der Waals surface area (Å²) >= 11 is 0. The van der Waals surface area contributed by atoms with Crippen molar-refractivity contribution in [3.05, 3.63) is 0 Å². The van der Waals surface area contributed by atoms with Gasteiger partial charge in [-0.1, -0.05) is 0 Å². The van der Waals surface area contributed by atoms with Crippen molar-refractivity contribution in [3.8, 4) is 0 Å². The van der Waals surface area contributed by atoms with Crippen LogP contribution >= 0.6 is 0 Å². The molecule has 0 amide bonds. The van der Waals surface area contributed by atoms with Gasteiger partial charge in [0.1, 0.15) is 73.1 Å². The summed E-state index contributed by atoms with van der Waals surface area (Å²) in [6, 6.07) is -5.40. The molecule has 20 atom stereocenters. The highest BCUT2D eigenvalue weighted by Crippen LogP contribution is 2.36. The summed E-state index contributed by atoms with van der Waals surface area (Å²) in [7, 11) is -34.2. The first kappa shape index (κ1) is 61.2. The van der Waals surface area contributed by atoms with Crippen LogP contribution in [0.1, 0.15) is 0 Å². The first-order valence-corrected chi connectivity index (χ1v) is 26.6. The Morgan fingerprint density at radius 1 is 0.423 bits per heavy atom. The first-order chi connectivity index (χ1) is 32.1. The molecule has 0 aliphatic carbocycles. The second kappa shape index (κ2) is 22.9. The second-order valence-corrected chi connectivity index (χ2v) is 21.2. The van der Waals surface area contributed by atoms with Crippen LogP contribution in [-0.2, 0) is 122 Å². The zero-order valence-electron chi connectivity index (χ0n) is 33.9. The van der Waals surface area contributed by atoms with Crippen molar-refractivity contribution in [2.24, 2.45) is 0 Å². The molecule has 0 radical (unpaired) electrons. The Labute approximate surface area is 396 Å². The molecule has 0 bridgehead atoms. The molecule has 47 heteroatoms. The van der Waals surface area contributed by atoms with E-state index in [0.29, 0.717) is 0 Å². The van der Waals surface area contributed by atoms with Crippen LogP contribution in [0, 0.1) is 0 Å². The third-order valence-electron chi connectivity index (χ3n) is 9.59. The quantitative estimate of drug-likeness (QED) is 0.0448. The number of carboxylic acid groups (broad SMARTS) is 2. The maximum Gasteiger partial charge on any atom is 0.397 e. The number of aliphatic carboxylic acids is 2. The normalized spacial score (nSPS) is 39.2. The molecule has 0 aromatic heterocycles. The number of ether oxygens (including phenoxy) is 7. The molecule has 4 aliphatic heterocycles. The average Bonchev–Trinajstić information content (AvgIpc) is 3.17. The van der Waals surface area contributed by atoms with Crippen molar-refractivity contribution < 1.29 is 178 Å². The molecule has 0 saturated carbocycles. The molecule has 41 nitrogen and oxygen atoms in total. The van der Waals surface area contributed by atoms with E-state index in [2.05, 4.69) is 21.5 Å². The number of nitrogens with one attached hydrogen (secondary N) is 2. The highest BCUT2D eigenvalue weighted by Gasteiger charge is 2.59. The van der Waals surface area contributed by atoms with Gasteiger partial charge in [0, 0.05) is 0 Å². The highest BCUT2D eigenvalue weighted by molar-refractivity contribution is 7.84. The standard InChI is InChI=1S/C24H40N2O39S6/c27-7-3(1-55-68(43,44)45)57-22(5(8(7)28)25-66(37,38)39)62-14-11(31)16(65-71(52,53)54)24(63-18(14)20(34)35)60-12-4(2-56-69(46,47)48)58-23(6(9(12)29)26-67(40,41)42)61-13-10(30)15(64-70(49,50)51)21(36)59-17(13)19(32)33/h3-18,21-31,36H,1-2H2,(H,32,33)(H,34,35)(H,37,38,39)(H,40,41,42)(H,43,44,45)(H,46,47,48)(H,49,50,51)(H,52,53,54)/t3-,4-,5-,6-,7-,8-,9-,10+,11+,12-,13+,14+,15-,16-,17-,18-,21+,22-,23?,24-/m1/s1. The summed E-state index contributed by atoms with van der Waals surface area (Å²) in [5, 5.41) is 85.0. The molecule has 416 valence electrons. The lowest BCUT2D eigenvalue weighted by Gasteiger charge is -2.49. The SMILES string of the molecule is O=C(O)[C@@H]1O[C@H](O)[C@H](OS(=O)(=O)O)[C@@H](O)[C@@H]1OC1O[C@H](COS(=O)(=O)O)[C@@H](O[C@@H]2O[C@@H](C(=O)O)[C@@H](O[C@H]3O[C@H](COS(=O)(=O)O)[C@@H](O)[C@H](O)[C@H]3NS(=O)(=O)O)[C@H](O)[C@H]2OS(=O)(=O)O)[C@H](O)[C@H]1NS(=O)(=O)O. The van der Waals surface area contributed by atoms with Crippen molar-refractivity contribution in [3.63, 3.8) is 0 Å². The molecule has 4 fully saturated rings. The Kier molecular flexibility index (Phi) is 19.7. The topological polar surface area (TPSA) is 648 Å². The summed E-state index contributed by atoms with van der Waals surface area (Å²) in [6.07, 6.45) is -50.4. The molecule has 4 heterocycles. The van der Waals surface area contributed by atoms with E-state index < -0.39 is 210 Å². The van der Waals surface area contributed by atoms with Gasteiger partial charge in [0.05, 0.1) is 13.2 Å². The molecule has 4 saturated heterocycles. The van der Waals surface area contributed by atoms with Crippen LogP contribution in [0.2, 0.25) is 0 Å². The lowest BCUT2D eigenvalue weighted by molar-refractivity contribution is -0.366. The van der Waals surface area contributed by atoms with Crippen molar-refractivity contribution in [1.82, 2.24) is 9.44 Å². The van der Waals surface area contributed by atoms with Crippen LogP contribution in [0.3, 0.4) is 0 Å². The third-order valence-corrected chi connectivity index (χ3v) is 12.5. The minimum absolute atomic E-state index is 1.22. The van der Waals surface area contributed by atoms with Crippen molar-refractivity contribution in [1.29, 1.82) is 0 Å². The Bertz CT molecular complexity index is 2580. The van der Waals surface area contributed by atoms with Gasteiger partial charge in [0.2, 0.25) is 0 Å². The number of hydrogen-bond acceptors (Lipinski definition) is 31. The lowest BCUT2D eigenvalue weighted by Crippen LogP contribution is -2.70. The van der Waals surface area contributed by atoms with Crippen LogP contribution in [0.25, 0.3) is 0 Å². The van der Waals surface area contributed by atoms with Gasteiger partial charge in [-0.05, 0) is 0 Å². The van der Waals surface area contributed by atoms with Crippen LogP contribution in [0.5, 0.6) is 0 Å². The largest absolute Gasteiger partial charge is 0.479 e. The third kappa shape index (κ3) is 17.3. The zero-order valence-corrected chi connectivity index (χ0v) is 38.8. The number of aliphatic hydroxyl groups excluding tert-OH is 6. The number of carbonyl (C=O) groups is 2. The number of hydrogen-bond donors (Lipinski definition) is 16. The van der Waals surface area contributed by atoms with Gasteiger partial charge in [-0.3, -0.25) is 27.3 Å². The van der Waals surface area contributed by atoms with Gasteiger partial charge >= 0.3 is 74.1 Å². The van der Waals surface area contributed by atoms with Gasteiger partial charge < -0.3 is 74.0 Å². The van der Waals surface area contributed by atoms with Crippen LogP contribution in [-0.4, -0.2) is 267 Å². The van der Waals surface area contributed by atoms with E-state index in [-0.39, 0.29) is 0 Å². The number of carboxylic acids is 2. The van der Waals surface area contributed by atoms with Gasteiger partial charge in [-0.15, -0.1) is 0 Å². The van der Waals surface area contributed by atoms with Crippen molar-refractivity contribution >= 4 is 74.1 Å². The maximum absolute atomic E-state index is 12.7. The smallest absolute Gasteiger partial charge is 0.397 e. The molecular weight excluding hydrogens is 1130 g/mol. The summed E-state index contributed by atoms with van der Waals surface area (Å²) in [5.74, 6) is -4.58. The fourth-order valence-electron chi connectivity index (χ4n) is 6.85. The van der Waals surface area contributed by atoms with E-state index in [1.165, 1.54) is 9.44 Å². The Hall–Kier alpha value is -2.36. The molecule has 4 aliphatic rings. The summed E-state index contributed by atoms with van der Waals surface area (Å²) in [4.78, 5) is 24.7. The van der Waals surface area contributed by atoms with Crippen LogP contribution in [0.4, 0.5) is 0 Å². The van der Waals surface area contributed by atoms with E-state index in [4.69, 9.17) is 37.5 Å². The van der Waals surface area contributed by atoms with Gasteiger partial charge in [0.15, 0.2) is 49.6 Å². The monoisotopic (exact) mass is 1170 g/mol. The fraction of sp³-hybridized carbons (Fsp3) is 0.917.